The van der Waals surface area contributed by atoms with Crippen LogP contribution >= 0.6 is 0 Å². The van der Waals surface area contributed by atoms with Gasteiger partial charge in [0, 0.05) is 6.54 Å². The number of fused-ring (bicyclic) bond motifs is 3. The van der Waals surface area contributed by atoms with Crippen LogP contribution in [0.25, 0.3) is 0 Å². The molecule has 0 aliphatic carbocycles. The van der Waals surface area contributed by atoms with Crippen LogP contribution in [0.4, 0.5) is 4.39 Å². The number of hydrogen-bond acceptors (Lipinski definition) is 4. The number of carbonyl (C=O) groups is 1. The highest BCUT2D eigenvalue weighted by Gasteiger charge is 2.36. The second-order valence-corrected chi connectivity index (χ2v) is 5.41. The summed E-state index contributed by atoms with van der Waals surface area (Å²) in [6.45, 7) is 2.94. The van der Waals surface area contributed by atoms with E-state index in [1.807, 2.05) is 0 Å². The van der Waals surface area contributed by atoms with Crippen LogP contribution < -0.4 is 4.74 Å². The Kier molecular flexibility index (Phi) is 3.87. The molecule has 4 nitrogen and oxygen atoms in total. The molecule has 0 saturated carbocycles. The SMILES string of the molecule is O=C(COc1ccc(F)cc1)OC1CN2CCC1CC2. The molecule has 5 heteroatoms. The first-order chi connectivity index (χ1) is 9.70. The van der Waals surface area contributed by atoms with Crippen molar-refractivity contribution in [2.24, 2.45) is 5.92 Å². The number of nitrogens with zero attached hydrogens (tertiary/aromatic N) is 1. The van der Waals surface area contributed by atoms with Gasteiger partial charge in [0.25, 0.3) is 0 Å². The third-order valence-electron chi connectivity index (χ3n) is 4.05. The molecular weight excluding hydrogens is 261 g/mol. The molecule has 3 saturated heterocycles. The van der Waals surface area contributed by atoms with E-state index in [1.54, 1.807) is 0 Å². The summed E-state index contributed by atoms with van der Waals surface area (Å²) in [6, 6.07) is 5.59. The fraction of sp³-hybridized carbons (Fsp3) is 0.533. The normalized spacial score (nSPS) is 28.1. The summed E-state index contributed by atoms with van der Waals surface area (Å²) < 4.78 is 23.5. The van der Waals surface area contributed by atoms with Gasteiger partial charge in [0.05, 0.1) is 0 Å². The van der Waals surface area contributed by atoms with E-state index in [0.29, 0.717) is 11.7 Å². The van der Waals surface area contributed by atoms with Crippen molar-refractivity contribution in [1.82, 2.24) is 4.90 Å². The van der Waals surface area contributed by atoms with Crippen LogP contribution in [-0.2, 0) is 9.53 Å². The van der Waals surface area contributed by atoms with Crippen LogP contribution in [0.1, 0.15) is 12.8 Å². The van der Waals surface area contributed by atoms with E-state index in [1.165, 1.54) is 24.3 Å². The van der Waals surface area contributed by atoms with Crippen LogP contribution in [0, 0.1) is 11.7 Å². The summed E-state index contributed by atoms with van der Waals surface area (Å²) in [7, 11) is 0. The molecule has 108 valence electrons. The van der Waals surface area contributed by atoms with E-state index < -0.39 is 0 Å². The van der Waals surface area contributed by atoms with Gasteiger partial charge in [-0.05, 0) is 56.1 Å². The van der Waals surface area contributed by atoms with Gasteiger partial charge in [-0.1, -0.05) is 0 Å². The van der Waals surface area contributed by atoms with Crippen molar-refractivity contribution in [1.29, 1.82) is 0 Å². The number of benzene rings is 1. The summed E-state index contributed by atoms with van der Waals surface area (Å²) in [5, 5.41) is 0. The molecule has 4 rings (SSSR count). The van der Waals surface area contributed by atoms with Crippen molar-refractivity contribution < 1.29 is 18.7 Å². The number of rotatable bonds is 4. The summed E-state index contributed by atoms with van der Waals surface area (Å²) >= 11 is 0. The number of ether oxygens (including phenoxy) is 2. The molecule has 3 aliphatic heterocycles. The molecule has 3 aliphatic rings. The van der Waals surface area contributed by atoms with Gasteiger partial charge in [-0.25, -0.2) is 9.18 Å². The second kappa shape index (κ2) is 5.79. The van der Waals surface area contributed by atoms with Gasteiger partial charge in [0.1, 0.15) is 17.7 Å². The molecule has 1 aromatic rings. The third-order valence-corrected chi connectivity index (χ3v) is 4.05. The van der Waals surface area contributed by atoms with E-state index in [-0.39, 0.29) is 24.5 Å². The van der Waals surface area contributed by atoms with Gasteiger partial charge in [0.15, 0.2) is 6.61 Å². The van der Waals surface area contributed by atoms with Gasteiger partial charge >= 0.3 is 5.97 Å². The molecule has 0 aromatic heterocycles. The minimum absolute atomic E-state index is 0.00168. The summed E-state index contributed by atoms with van der Waals surface area (Å²) in [5.41, 5.74) is 0. The first-order valence-electron chi connectivity index (χ1n) is 7.01. The Labute approximate surface area is 117 Å². The number of esters is 1. The first-order valence-corrected chi connectivity index (χ1v) is 7.01. The Balaban J connectivity index is 1.46. The molecule has 3 heterocycles. The highest BCUT2D eigenvalue weighted by molar-refractivity contribution is 5.71. The Morgan fingerprint density at radius 2 is 1.95 bits per heavy atom. The molecule has 1 aromatic carbocycles. The van der Waals surface area contributed by atoms with E-state index in [0.717, 1.165) is 32.5 Å². The largest absolute Gasteiger partial charge is 0.482 e. The van der Waals surface area contributed by atoms with Crippen molar-refractivity contribution in [2.45, 2.75) is 18.9 Å². The summed E-state index contributed by atoms with van der Waals surface area (Å²) in [6.07, 6.45) is 2.22. The zero-order valence-corrected chi connectivity index (χ0v) is 11.3. The molecule has 1 atom stereocenters. The first kappa shape index (κ1) is 13.4. The van der Waals surface area contributed by atoms with Crippen LogP contribution in [0.2, 0.25) is 0 Å². The fourth-order valence-electron chi connectivity index (χ4n) is 2.92. The second-order valence-electron chi connectivity index (χ2n) is 5.41. The topological polar surface area (TPSA) is 38.8 Å². The van der Waals surface area contributed by atoms with Gasteiger partial charge in [0.2, 0.25) is 0 Å². The van der Waals surface area contributed by atoms with Gasteiger partial charge in [-0.15, -0.1) is 0 Å². The molecule has 2 bridgehead atoms. The maximum Gasteiger partial charge on any atom is 0.344 e. The predicted octanol–water partition coefficient (Wildman–Crippen LogP) is 1.84. The molecule has 0 N–H and O–H groups in total. The molecule has 1 unspecified atom stereocenters. The van der Waals surface area contributed by atoms with E-state index in [9.17, 15) is 9.18 Å². The van der Waals surface area contributed by atoms with Crippen LogP contribution in [-0.4, -0.2) is 43.2 Å². The zero-order valence-electron chi connectivity index (χ0n) is 11.3. The molecule has 0 radical (unpaired) electrons. The number of carbonyl (C=O) groups excluding carboxylic acids is 1. The third kappa shape index (κ3) is 3.10. The Morgan fingerprint density at radius 1 is 1.25 bits per heavy atom. The van der Waals surface area contributed by atoms with Gasteiger partial charge < -0.3 is 9.47 Å². The van der Waals surface area contributed by atoms with Crippen molar-refractivity contribution in [3.8, 4) is 5.75 Å². The van der Waals surface area contributed by atoms with Crippen LogP contribution in [0.5, 0.6) is 5.75 Å². The van der Waals surface area contributed by atoms with E-state index in [4.69, 9.17) is 9.47 Å². The maximum atomic E-state index is 12.7. The number of hydrogen-bond donors (Lipinski definition) is 0. The van der Waals surface area contributed by atoms with E-state index >= 15 is 0 Å². The van der Waals surface area contributed by atoms with Gasteiger partial charge in [-0.3, -0.25) is 4.90 Å². The number of piperidine rings is 3. The van der Waals surface area contributed by atoms with E-state index in [2.05, 4.69) is 4.90 Å². The molecule has 0 spiro atoms. The monoisotopic (exact) mass is 279 g/mol. The van der Waals surface area contributed by atoms with Crippen molar-refractivity contribution in [3.05, 3.63) is 30.1 Å². The lowest BCUT2D eigenvalue weighted by atomic mass is 9.86. The lowest BCUT2D eigenvalue weighted by Gasteiger charge is -2.43. The molecule has 20 heavy (non-hydrogen) atoms. The Hall–Kier alpha value is -1.62. The lowest BCUT2D eigenvalue weighted by Crippen LogP contribution is -2.52. The average molecular weight is 279 g/mol. The Morgan fingerprint density at radius 3 is 2.55 bits per heavy atom. The maximum absolute atomic E-state index is 12.7. The predicted molar refractivity (Wildman–Crippen MR) is 70.9 cm³/mol. The summed E-state index contributed by atoms with van der Waals surface area (Å²) in [5.74, 6) is 0.285. The zero-order chi connectivity index (χ0) is 13.9. The van der Waals surface area contributed by atoms with Crippen molar-refractivity contribution in [3.63, 3.8) is 0 Å². The van der Waals surface area contributed by atoms with Crippen molar-refractivity contribution >= 4 is 5.97 Å². The Bertz CT molecular complexity index is 469. The molecule has 3 fully saturated rings. The van der Waals surface area contributed by atoms with Crippen LogP contribution in [0.3, 0.4) is 0 Å². The highest BCUT2D eigenvalue weighted by Crippen LogP contribution is 2.29. The minimum Gasteiger partial charge on any atom is -0.482 e. The summed E-state index contributed by atoms with van der Waals surface area (Å²) in [4.78, 5) is 14.1. The highest BCUT2D eigenvalue weighted by atomic mass is 19.1. The molecule has 0 amide bonds. The molecular formula is C15H18FNO3. The standard InChI is InChI=1S/C15H18FNO3/c16-12-1-3-13(4-2-12)19-10-15(18)20-14-9-17-7-5-11(14)6-8-17/h1-4,11,14H,5-10H2. The van der Waals surface area contributed by atoms with Gasteiger partial charge in [-0.2, -0.15) is 0 Å². The number of halogens is 1. The average Bonchev–Trinajstić information content (AvgIpc) is 2.48. The smallest absolute Gasteiger partial charge is 0.344 e. The lowest BCUT2D eigenvalue weighted by molar-refractivity contribution is -0.161. The van der Waals surface area contributed by atoms with Crippen LogP contribution in [0.15, 0.2) is 24.3 Å². The minimum atomic E-state index is -0.354. The van der Waals surface area contributed by atoms with Crippen molar-refractivity contribution in [2.75, 3.05) is 26.2 Å². The quantitative estimate of drug-likeness (QED) is 0.788. The fourth-order valence-corrected chi connectivity index (χ4v) is 2.92.